The van der Waals surface area contributed by atoms with Crippen molar-refractivity contribution in [2.24, 2.45) is 5.92 Å². The van der Waals surface area contributed by atoms with E-state index in [2.05, 4.69) is 9.97 Å². The predicted molar refractivity (Wildman–Crippen MR) is 83.8 cm³/mol. The predicted octanol–water partition coefficient (Wildman–Crippen LogP) is 3.18. The number of nitrogen functional groups attached to an aromatic ring is 1. The number of nitrogens with zero attached hydrogens (tertiary/aromatic N) is 1. The van der Waals surface area contributed by atoms with E-state index in [1.54, 1.807) is 11.8 Å². The van der Waals surface area contributed by atoms with Gasteiger partial charge in [0.1, 0.15) is 0 Å². The van der Waals surface area contributed by atoms with E-state index in [4.69, 9.17) is 5.73 Å². The van der Waals surface area contributed by atoms with Crippen LogP contribution < -0.4 is 5.73 Å². The van der Waals surface area contributed by atoms with Crippen LogP contribution in [0.1, 0.15) is 32.1 Å². The summed E-state index contributed by atoms with van der Waals surface area (Å²) in [4.78, 5) is 7.74. The summed E-state index contributed by atoms with van der Waals surface area (Å²) in [5.41, 5.74) is 8.37. The molecule has 1 aliphatic rings. The molecular weight excluding hydrogens is 270 g/mol. The molecule has 1 unspecified atom stereocenters. The lowest BCUT2D eigenvalue weighted by Crippen LogP contribution is -2.14. The minimum atomic E-state index is -0.235. The Kier molecular flexibility index (Phi) is 4.17. The highest BCUT2D eigenvalue weighted by molar-refractivity contribution is 7.99. The molecule has 0 radical (unpaired) electrons. The van der Waals surface area contributed by atoms with Crippen LogP contribution in [-0.4, -0.2) is 26.9 Å². The summed E-state index contributed by atoms with van der Waals surface area (Å²) in [6, 6.07) is 5.66. The van der Waals surface area contributed by atoms with E-state index in [0.29, 0.717) is 5.75 Å². The van der Waals surface area contributed by atoms with Gasteiger partial charge in [0.15, 0.2) is 5.16 Å². The smallest absolute Gasteiger partial charge is 0.166 e. The van der Waals surface area contributed by atoms with E-state index in [-0.39, 0.29) is 6.10 Å². The second-order valence-electron chi connectivity index (χ2n) is 5.67. The van der Waals surface area contributed by atoms with Gasteiger partial charge >= 0.3 is 0 Å². The number of nitrogens with two attached hydrogens (primary N) is 1. The Balaban J connectivity index is 1.56. The minimum absolute atomic E-state index is 0.235. The molecule has 20 heavy (non-hydrogen) atoms. The van der Waals surface area contributed by atoms with Gasteiger partial charge in [0.25, 0.3) is 0 Å². The van der Waals surface area contributed by atoms with Crippen LogP contribution in [0.5, 0.6) is 0 Å². The van der Waals surface area contributed by atoms with Crippen LogP contribution in [0.2, 0.25) is 0 Å². The standard InChI is InChI=1S/C15H21N3OS/c16-11-5-6-13-14(8-11)18-15(17-13)20-9-12(19)7-10-3-1-2-4-10/h5-6,8,10,12,19H,1-4,7,9,16H2,(H,17,18). The molecule has 0 bridgehead atoms. The maximum Gasteiger partial charge on any atom is 0.166 e. The third kappa shape index (κ3) is 3.27. The van der Waals surface area contributed by atoms with E-state index in [1.165, 1.54) is 25.7 Å². The highest BCUT2D eigenvalue weighted by atomic mass is 32.2. The monoisotopic (exact) mass is 291 g/mol. The van der Waals surface area contributed by atoms with Gasteiger partial charge in [0.05, 0.1) is 17.1 Å². The average molecular weight is 291 g/mol. The number of hydrogen-bond acceptors (Lipinski definition) is 4. The van der Waals surface area contributed by atoms with Gasteiger partial charge in [-0.2, -0.15) is 0 Å². The zero-order valence-electron chi connectivity index (χ0n) is 11.5. The summed E-state index contributed by atoms with van der Waals surface area (Å²) in [5.74, 6) is 1.42. The molecule has 4 nitrogen and oxygen atoms in total. The molecule has 0 spiro atoms. The second-order valence-corrected chi connectivity index (χ2v) is 6.68. The van der Waals surface area contributed by atoms with Crippen LogP contribution in [0.15, 0.2) is 23.4 Å². The van der Waals surface area contributed by atoms with E-state index in [0.717, 1.165) is 34.2 Å². The number of benzene rings is 1. The number of aliphatic hydroxyl groups is 1. The van der Waals surface area contributed by atoms with Gasteiger partial charge in [0, 0.05) is 11.4 Å². The number of aromatic amines is 1. The van der Waals surface area contributed by atoms with Crippen LogP contribution in [0.3, 0.4) is 0 Å². The van der Waals surface area contributed by atoms with Crippen LogP contribution in [-0.2, 0) is 0 Å². The van der Waals surface area contributed by atoms with Crippen molar-refractivity contribution in [2.45, 2.75) is 43.4 Å². The quantitative estimate of drug-likeness (QED) is 0.584. The topological polar surface area (TPSA) is 74.9 Å². The van der Waals surface area contributed by atoms with Crippen molar-refractivity contribution in [3.05, 3.63) is 18.2 Å². The summed E-state index contributed by atoms with van der Waals surface area (Å²) >= 11 is 1.59. The fraction of sp³-hybridized carbons (Fsp3) is 0.533. The summed E-state index contributed by atoms with van der Waals surface area (Å²) in [6.07, 6.45) is 5.92. The number of anilines is 1. The molecule has 1 aromatic heterocycles. The molecule has 0 amide bonds. The highest BCUT2D eigenvalue weighted by Crippen LogP contribution is 2.30. The molecule has 2 aromatic rings. The number of H-pyrrole nitrogens is 1. The lowest BCUT2D eigenvalue weighted by molar-refractivity contribution is 0.165. The molecule has 5 heteroatoms. The highest BCUT2D eigenvalue weighted by Gasteiger charge is 2.19. The number of hydrogen-bond donors (Lipinski definition) is 3. The first-order valence-corrected chi connectivity index (χ1v) is 8.25. The van der Waals surface area contributed by atoms with Crippen molar-refractivity contribution in [1.82, 2.24) is 9.97 Å². The normalized spacial score (nSPS) is 17.9. The molecule has 4 N–H and O–H groups in total. The maximum atomic E-state index is 10.1. The van der Waals surface area contributed by atoms with E-state index in [1.807, 2.05) is 18.2 Å². The molecule has 3 rings (SSSR count). The molecular formula is C15H21N3OS. The van der Waals surface area contributed by atoms with Crippen molar-refractivity contribution >= 4 is 28.5 Å². The largest absolute Gasteiger partial charge is 0.399 e. The van der Waals surface area contributed by atoms with Gasteiger partial charge in [-0.1, -0.05) is 37.4 Å². The first-order chi connectivity index (χ1) is 9.70. The molecule has 1 saturated carbocycles. The average Bonchev–Trinajstić information content (AvgIpc) is 3.04. The van der Waals surface area contributed by atoms with Gasteiger partial charge in [-0.05, 0) is 30.5 Å². The number of rotatable bonds is 5. The van der Waals surface area contributed by atoms with Gasteiger partial charge in [-0.15, -0.1) is 0 Å². The molecule has 1 fully saturated rings. The van der Waals surface area contributed by atoms with E-state index < -0.39 is 0 Å². The van der Waals surface area contributed by atoms with Crippen molar-refractivity contribution in [2.75, 3.05) is 11.5 Å². The first-order valence-electron chi connectivity index (χ1n) is 7.27. The Morgan fingerprint density at radius 1 is 1.40 bits per heavy atom. The zero-order chi connectivity index (χ0) is 13.9. The number of nitrogens with one attached hydrogen (secondary N) is 1. The SMILES string of the molecule is Nc1ccc2nc(SCC(O)CC3CCCC3)[nH]c2c1. The van der Waals surface area contributed by atoms with Crippen molar-refractivity contribution in [1.29, 1.82) is 0 Å². The van der Waals surface area contributed by atoms with Crippen LogP contribution in [0.25, 0.3) is 11.0 Å². The molecule has 108 valence electrons. The molecule has 1 aromatic carbocycles. The van der Waals surface area contributed by atoms with E-state index in [9.17, 15) is 5.11 Å². The Morgan fingerprint density at radius 2 is 2.20 bits per heavy atom. The Bertz CT molecular complexity index is 578. The lowest BCUT2D eigenvalue weighted by Gasteiger charge is -2.14. The maximum absolute atomic E-state index is 10.1. The fourth-order valence-electron chi connectivity index (χ4n) is 2.95. The molecule has 1 aliphatic carbocycles. The number of aliphatic hydroxyl groups excluding tert-OH is 1. The number of thioether (sulfide) groups is 1. The minimum Gasteiger partial charge on any atom is -0.399 e. The lowest BCUT2D eigenvalue weighted by atomic mass is 10.0. The zero-order valence-corrected chi connectivity index (χ0v) is 12.3. The number of aromatic nitrogens is 2. The van der Waals surface area contributed by atoms with Crippen molar-refractivity contribution < 1.29 is 5.11 Å². The van der Waals surface area contributed by atoms with E-state index >= 15 is 0 Å². The Labute approximate surface area is 123 Å². The molecule has 0 aliphatic heterocycles. The summed E-state index contributed by atoms with van der Waals surface area (Å²) in [7, 11) is 0. The number of fused-ring (bicyclic) bond motifs is 1. The summed E-state index contributed by atoms with van der Waals surface area (Å²) in [5, 5.41) is 11.0. The Morgan fingerprint density at radius 3 is 3.00 bits per heavy atom. The van der Waals surface area contributed by atoms with Gasteiger partial charge in [-0.3, -0.25) is 0 Å². The third-order valence-electron chi connectivity index (χ3n) is 3.98. The summed E-state index contributed by atoms with van der Waals surface area (Å²) < 4.78 is 0. The molecule has 0 saturated heterocycles. The van der Waals surface area contributed by atoms with Crippen LogP contribution >= 0.6 is 11.8 Å². The summed E-state index contributed by atoms with van der Waals surface area (Å²) in [6.45, 7) is 0. The van der Waals surface area contributed by atoms with Gasteiger partial charge in [-0.25, -0.2) is 4.98 Å². The first kappa shape index (κ1) is 13.8. The van der Waals surface area contributed by atoms with Gasteiger partial charge in [0.2, 0.25) is 0 Å². The molecule has 1 atom stereocenters. The van der Waals surface area contributed by atoms with Crippen molar-refractivity contribution in [3.63, 3.8) is 0 Å². The Hall–Kier alpha value is -1.20. The third-order valence-corrected chi connectivity index (χ3v) is 5.00. The van der Waals surface area contributed by atoms with Crippen LogP contribution in [0, 0.1) is 5.92 Å². The fourth-order valence-corrected chi connectivity index (χ4v) is 3.78. The van der Waals surface area contributed by atoms with Crippen LogP contribution in [0.4, 0.5) is 5.69 Å². The van der Waals surface area contributed by atoms with Gasteiger partial charge < -0.3 is 15.8 Å². The molecule has 1 heterocycles. The number of imidazole rings is 1. The van der Waals surface area contributed by atoms with Crippen molar-refractivity contribution in [3.8, 4) is 0 Å². The second kappa shape index (κ2) is 6.06.